The standard InChI is InChI=1S/C13H12N6O/c1-18-7-6-14-13(18)17-12(20)10-2-4-11(5-3-10)19-8-15-16-9-19/h2-9H,1H3,(H,14,17,20). The van der Waals surface area contributed by atoms with Gasteiger partial charge in [0.2, 0.25) is 5.95 Å². The molecule has 0 radical (unpaired) electrons. The van der Waals surface area contributed by atoms with Crippen LogP contribution in [0.3, 0.4) is 0 Å². The number of rotatable bonds is 3. The van der Waals surface area contributed by atoms with Gasteiger partial charge in [0, 0.05) is 30.7 Å². The van der Waals surface area contributed by atoms with Gasteiger partial charge in [-0.25, -0.2) is 4.98 Å². The van der Waals surface area contributed by atoms with Crippen molar-refractivity contribution in [2.75, 3.05) is 5.32 Å². The van der Waals surface area contributed by atoms with Crippen molar-refractivity contribution < 1.29 is 4.79 Å². The van der Waals surface area contributed by atoms with E-state index in [0.29, 0.717) is 11.5 Å². The fraction of sp³-hybridized carbons (Fsp3) is 0.0769. The second-order valence-corrected chi connectivity index (χ2v) is 4.23. The number of hydrogen-bond acceptors (Lipinski definition) is 4. The highest BCUT2D eigenvalue weighted by Gasteiger charge is 2.08. The summed E-state index contributed by atoms with van der Waals surface area (Å²) < 4.78 is 3.50. The fourth-order valence-electron chi connectivity index (χ4n) is 1.78. The van der Waals surface area contributed by atoms with Crippen molar-refractivity contribution in [2.45, 2.75) is 0 Å². The van der Waals surface area contributed by atoms with Crippen LogP contribution in [0.15, 0.2) is 49.3 Å². The van der Waals surface area contributed by atoms with Gasteiger partial charge < -0.3 is 4.57 Å². The average Bonchev–Trinajstić information content (AvgIpc) is 3.12. The van der Waals surface area contributed by atoms with E-state index in [2.05, 4.69) is 20.5 Å². The number of anilines is 1. The molecule has 0 atom stereocenters. The zero-order valence-electron chi connectivity index (χ0n) is 10.8. The summed E-state index contributed by atoms with van der Waals surface area (Å²) >= 11 is 0. The number of aromatic nitrogens is 5. The summed E-state index contributed by atoms with van der Waals surface area (Å²) in [7, 11) is 1.82. The molecule has 0 saturated carbocycles. The van der Waals surface area contributed by atoms with Crippen molar-refractivity contribution in [1.29, 1.82) is 0 Å². The molecule has 0 saturated heterocycles. The highest BCUT2D eigenvalue weighted by atomic mass is 16.1. The summed E-state index contributed by atoms with van der Waals surface area (Å²) in [5, 5.41) is 10.2. The Balaban J connectivity index is 1.78. The van der Waals surface area contributed by atoms with Crippen LogP contribution in [-0.2, 0) is 7.05 Å². The molecule has 1 N–H and O–H groups in total. The molecule has 0 unspecified atom stereocenters. The third-order valence-electron chi connectivity index (χ3n) is 2.89. The summed E-state index contributed by atoms with van der Waals surface area (Å²) in [6.45, 7) is 0. The van der Waals surface area contributed by atoms with E-state index < -0.39 is 0 Å². The molecule has 0 aliphatic heterocycles. The Labute approximate surface area is 114 Å². The first-order chi connectivity index (χ1) is 9.74. The summed E-state index contributed by atoms with van der Waals surface area (Å²) in [5.41, 5.74) is 1.45. The van der Waals surface area contributed by atoms with Crippen molar-refractivity contribution in [1.82, 2.24) is 24.3 Å². The Bertz CT molecular complexity index is 714. The molecule has 0 spiro atoms. The molecular formula is C13H12N6O. The second kappa shape index (κ2) is 4.96. The third kappa shape index (κ3) is 2.28. The Kier molecular flexibility index (Phi) is 3.00. The maximum absolute atomic E-state index is 12.1. The first kappa shape index (κ1) is 12.1. The lowest BCUT2D eigenvalue weighted by Gasteiger charge is -2.06. The van der Waals surface area contributed by atoms with Crippen molar-refractivity contribution >= 4 is 11.9 Å². The highest BCUT2D eigenvalue weighted by molar-refractivity contribution is 6.03. The van der Waals surface area contributed by atoms with E-state index in [0.717, 1.165) is 5.69 Å². The minimum absolute atomic E-state index is 0.199. The molecule has 0 bridgehead atoms. The fourth-order valence-corrected chi connectivity index (χ4v) is 1.78. The highest BCUT2D eigenvalue weighted by Crippen LogP contribution is 2.10. The van der Waals surface area contributed by atoms with Crippen LogP contribution in [0.2, 0.25) is 0 Å². The van der Waals surface area contributed by atoms with Crippen LogP contribution in [0.5, 0.6) is 0 Å². The van der Waals surface area contributed by atoms with E-state index in [4.69, 9.17) is 0 Å². The van der Waals surface area contributed by atoms with Crippen LogP contribution < -0.4 is 5.32 Å². The lowest BCUT2D eigenvalue weighted by Crippen LogP contribution is -2.14. The van der Waals surface area contributed by atoms with Crippen molar-refractivity contribution in [3.63, 3.8) is 0 Å². The predicted molar refractivity (Wildman–Crippen MR) is 72.5 cm³/mol. The minimum atomic E-state index is -0.199. The normalized spacial score (nSPS) is 10.4. The number of benzene rings is 1. The molecule has 1 aromatic carbocycles. The Morgan fingerprint density at radius 3 is 2.45 bits per heavy atom. The number of nitrogens with one attached hydrogen (secondary N) is 1. The smallest absolute Gasteiger partial charge is 0.257 e. The topological polar surface area (TPSA) is 77.6 Å². The monoisotopic (exact) mass is 268 g/mol. The minimum Gasteiger partial charge on any atom is -0.320 e. The molecule has 2 aromatic heterocycles. The quantitative estimate of drug-likeness (QED) is 0.775. The Morgan fingerprint density at radius 2 is 1.85 bits per heavy atom. The maximum atomic E-state index is 12.1. The number of carbonyl (C=O) groups is 1. The molecule has 7 heteroatoms. The van der Waals surface area contributed by atoms with Crippen molar-refractivity contribution in [2.24, 2.45) is 7.05 Å². The number of carbonyl (C=O) groups excluding carboxylic acids is 1. The van der Waals surface area contributed by atoms with E-state index in [9.17, 15) is 4.79 Å². The van der Waals surface area contributed by atoms with Gasteiger partial charge in [0.15, 0.2) is 0 Å². The van der Waals surface area contributed by atoms with Crippen LogP contribution >= 0.6 is 0 Å². The average molecular weight is 268 g/mol. The van der Waals surface area contributed by atoms with Gasteiger partial charge in [-0.3, -0.25) is 14.7 Å². The zero-order valence-corrected chi connectivity index (χ0v) is 10.8. The second-order valence-electron chi connectivity index (χ2n) is 4.23. The molecule has 0 fully saturated rings. The number of aryl methyl sites for hydroxylation is 1. The van der Waals surface area contributed by atoms with E-state index in [1.165, 1.54) is 0 Å². The van der Waals surface area contributed by atoms with Gasteiger partial charge in [-0.2, -0.15) is 0 Å². The molecule has 1 amide bonds. The first-order valence-electron chi connectivity index (χ1n) is 5.98. The molecule has 20 heavy (non-hydrogen) atoms. The Morgan fingerprint density at radius 1 is 1.15 bits per heavy atom. The van der Waals surface area contributed by atoms with Gasteiger partial charge in [-0.15, -0.1) is 10.2 Å². The summed E-state index contributed by atoms with van der Waals surface area (Å²) in [5.74, 6) is 0.312. The molecule has 2 heterocycles. The van der Waals surface area contributed by atoms with Crippen LogP contribution in [0, 0.1) is 0 Å². The van der Waals surface area contributed by atoms with Gasteiger partial charge in [0.05, 0.1) is 0 Å². The van der Waals surface area contributed by atoms with E-state index in [1.54, 1.807) is 46.3 Å². The van der Waals surface area contributed by atoms with Gasteiger partial charge in [0.25, 0.3) is 5.91 Å². The van der Waals surface area contributed by atoms with Crippen molar-refractivity contribution in [3.05, 3.63) is 54.9 Å². The molecule has 7 nitrogen and oxygen atoms in total. The van der Waals surface area contributed by atoms with E-state index in [1.807, 2.05) is 19.2 Å². The van der Waals surface area contributed by atoms with E-state index in [-0.39, 0.29) is 5.91 Å². The van der Waals surface area contributed by atoms with E-state index >= 15 is 0 Å². The molecule has 3 aromatic rings. The summed E-state index contributed by atoms with van der Waals surface area (Å²) in [6.07, 6.45) is 6.60. The van der Waals surface area contributed by atoms with Crippen LogP contribution in [0.1, 0.15) is 10.4 Å². The maximum Gasteiger partial charge on any atom is 0.257 e. The largest absolute Gasteiger partial charge is 0.320 e. The Hall–Kier alpha value is -2.96. The number of amides is 1. The van der Waals surface area contributed by atoms with Gasteiger partial charge >= 0.3 is 0 Å². The summed E-state index contributed by atoms with van der Waals surface area (Å²) in [6, 6.07) is 7.15. The van der Waals surface area contributed by atoms with Crippen molar-refractivity contribution in [3.8, 4) is 5.69 Å². The lowest BCUT2D eigenvalue weighted by atomic mass is 10.2. The SMILES string of the molecule is Cn1ccnc1NC(=O)c1ccc(-n2cnnc2)cc1. The summed E-state index contributed by atoms with van der Waals surface area (Å²) in [4.78, 5) is 16.1. The predicted octanol–water partition coefficient (Wildman–Crippen LogP) is 1.25. The number of hydrogen-bond donors (Lipinski definition) is 1. The molecular weight excluding hydrogens is 256 g/mol. The van der Waals surface area contributed by atoms with Gasteiger partial charge in [-0.1, -0.05) is 0 Å². The molecule has 100 valence electrons. The first-order valence-corrected chi connectivity index (χ1v) is 5.98. The zero-order chi connectivity index (χ0) is 13.9. The van der Waals surface area contributed by atoms with Crippen LogP contribution in [0.4, 0.5) is 5.95 Å². The third-order valence-corrected chi connectivity index (χ3v) is 2.89. The molecule has 3 rings (SSSR count). The molecule has 0 aliphatic carbocycles. The van der Waals surface area contributed by atoms with Crippen LogP contribution in [0.25, 0.3) is 5.69 Å². The van der Waals surface area contributed by atoms with Gasteiger partial charge in [0.1, 0.15) is 12.7 Å². The number of nitrogens with zero attached hydrogens (tertiary/aromatic N) is 5. The van der Waals surface area contributed by atoms with Gasteiger partial charge in [-0.05, 0) is 24.3 Å². The van der Waals surface area contributed by atoms with Crippen LogP contribution in [-0.4, -0.2) is 30.2 Å². The number of imidazole rings is 1. The lowest BCUT2D eigenvalue weighted by molar-refractivity contribution is 0.102. The molecule has 0 aliphatic rings.